The second-order valence-electron chi connectivity index (χ2n) is 8.48. The van der Waals surface area contributed by atoms with Crippen molar-refractivity contribution in [2.45, 2.75) is 59.4 Å². The Labute approximate surface area is 169 Å². The van der Waals surface area contributed by atoms with Crippen molar-refractivity contribution in [2.24, 2.45) is 15.9 Å². The summed E-state index contributed by atoms with van der Waals surface area (Å²) in [4.78, 5) is 10.1. The Morgan fingerprint density at radius 1 is 0.893 bits per heavy atom. The van der Waals surface area contributed by atoms with E-state index in [1.165, 1.54) is 11.1 Å². The van der Waals surface area contributed by atoms with Gasteiger partial charge in [-0.25, -0.2) is 9.98 Å². The van der Waals surface area contributed by atoms with E-state index in [4.69, 9.17) is 14.7 Å². The van der Waals surface area contributed by atoms with Gasteiger partial charge in [0.15, 0.2) is 0 Å². The second-order valence-corrected chi connectivity index (χ2v) is 8.48. The van der Waals surface area contributed by atoms with Gasteiger partial charge in [0.25, 0.3) is 0 Å². The molecule has 3 nitrogen and oxygen atoms in total. The smallest absolute Gasteiger partial charge is 0.236 e. The molecule has 0 unspecified atom stereocenters. The maximum atomic E-state index is 6.04. The second kappa shape index (κ2) is 8.72. The molecule has 0 aromatic heterocycles. The molecule has 0 radical (unpaired) electrons. The SMILES string of the molecule is CC(C)c1cccc(C(C)C)c1N=C(C1=N[C@@H](C(C)C)CO1)c1ccccc1. The molecule has 0 saturated carbocycles. The molecular formula is C25H32N2O. The van der Waals surface area contributed by atoms with Crippen LogP contribution in [0.5, 0.6) is 0 Å². The van der Waals surface area contributed by atoms with E-state index in [1.807, 2.05) is 18.2 Å². The molecule has 1 heterocycles. The van der Waals surface area contributed by atoms with Gasteiger partial charge in [-0.1, -0.05) is 90.1 Å². The average Bonchev–Trinajstić information content (AvgIpc) is 3.16. The maximum absolute atomic E-state index is 6.04. The van der Waals surface area contributed by atoms with Crippen molar-refractivity contribution in [3.05, 3.63) is 65.2 Å². The van der Waals surface area contributed by atoms with Crippen LogP contribution in [0.4, 0.5) is 5.69 Å². The fourth-order valence-corrected chi connectivity index (χ4v) is 3.45. The molecule has 0 aliphatic carbocycles. The summed E-state index contributed by atoms with van der Waals surface area (Å²) in [6.45, 7) is 13.9. The van der Waals surface area contributed by atoms with Crippen molar-refractivity contribution < 1.29 is 4.74 Å². The van der Waals surface area contributed by atoms with E-state index in [2.05, 4.69) is 71.9 Å². The molecule has 0 N–H and O–H groups in total. The molecular weight excluding hydrogens is 344 g/mol. The third kappa shape index (κ3) is 4.35. The summed E-state index contributed by atoms with van der Waals surface area (Å²) < 4.78 is 6.04. The highest BCUT2D eigenvalue weighted by Gasteiger charge is 2.26. The molecule has 1 atom stereocenters. The van der Waals surface area contributed by atoms with E-state index in [1.54, 1.807) is 0 Å². The Kier molecular flexibility index (Phi) is 6.33. The van der Waals surface area contributed by atoms with E-state index >= 15 is 0 Å². The van der Waals surface area contributed by atoms with Gasteiger partial charge in [-0.05, 0) is 28.9 Å². The fourth-order valence-electron chi connectivity index (χ4n) is 3.45. The van der Waals surface area contributed by atoms with Gasteiger partial charge >= 0.3 is 0 Å². The van der Waals surface area contributed by atoms with Gasteiger partial charge in [0, 0.05) is 5.56 Å². The summed E-state index contributed by atoms with van der Waals surface area (Å²) in [7, 11) is 0. The van der Waals surface area contributed by atoms with E-state index in [-0.39, 0.29) is 6.04 Å². The zero-order chi connectivity index (χ0) is 20.3. The van der Waals surface area contributed by atoms with E-state index in [0.717, 1.165) is 17.0 Å². The lowest BCUT2D eigenvalue weighted by Gasteiger charge is -2.18. The van der Waals surface area contributed by atoms with Crippen LogP contribution in [0.3, 0.4) is 0 Å². The molecule has 0 amide bonds. The van der Waals surface area contributed by atoms with Crippen LogP contribution >= 0.6 is 0 Å². The van der Waals surface area contributed by atoms with Crippen molar-refractivity contribution in [1.82, 2.24) is 0 Å². The van der Waals surface area contributed by atoms with Gasteiger partial charge in [0.05, 0.1) is 11.7 Å². The normalized spacial score (nSPS) is 17.4. The number of para-hydroxylation sites is 1. The Morgan fingerprint density at radius 3 is 2.00 bits per heavy atom. The number of rotatable bonds is 6. The minimum absolute atomic E-state index is 0.189. The predicted octanol–water partition coefficient (Wildman–Crippen LogP) is 6.51. The fraction of sp³-hybridized carbons (Fsp3) is 0.440. The summed E-state index contributed by atoms with van der Waals surface area (Å²) in [6.07, 6.45) is 0. The average molecular weight is 377 g/mol. The van der Waals surface area contributed by atoms with E-state index in [0.29, 0.717) is 30.3 Å². The summed E-state index contributed by atoms with van der Waals surface area (Å²) >= 11 is 0. The molecule has 2 aromatic carbocycles. The van der Waals surface area contributed by atoms with Crippen molar-refractivity contribution >= 4 is 17.3 Å². The lowest BCUT2D eigenvalue weighted by atomic mass is 9.92. The highest BCUT2D eigenvalue weighted by molar-refractivity contribution is 6.46. The minimum Gasteiger partial charge on any atom is -0.474 e. The van der Waals surface area contributed by atoms with Crippen LogP contribution in [-0.4, -0.2) is 24.3 Å². The monoisotopic (exact) mass is 376 g/mol. The lowest BCUT2D eigenvalue weighted by Crippen LogP contribution is -2.16. The summed E-state index contributed by atoms with van der Waals surface area (Å²) in [5.74, 6) is 1.90. The van der Waals surface area contributed by atoms with Crippen LogP contribution < -0.4 is 0 Å². The third-order valence-corrected chi connectivity index (χ3v) is 5.26. The summed E-state index contributed by atoms with van der Waals surface area (Å²) in [5.41, 5.74) is 5.46. The highest BCUT2D eigenvalue weighted by Crippen LogP contribution is 2.35. The van der Waals surface area contributed by atoms with E-state index in [9.17, 15) is 0 Å². The van der Waals surface area contributed by atoms with Crippen LogP contribution in [0, 0.1) is 5.92 Å². The van der Waals surface area contributed by atoms with Crippen molar-refractivity contribution in [2.75, 3.05) is 6.61 Å². The van der Waals surface area contributed by atoms with Gasteiger partial charge in [0.1, 0.15) is 12.3 Å². The Morgan fingerprint density at radius 2 is 1.50 bits per heavy atom. The van der Waals surface area contributed by atoms with Gasteiger partial charge in [-0.3, -0.25) is 0 Å². The van der Waals surface area contributed by atoms with Gasteiger partial charge in [-0.15, -0.1) is 0 Å². The molecule has 0 spiro atoms. The molecule has 1 aliphatic rings. The third-order valence-electron chi connectivity index (χ3n) is 5.26. The predicted molar refractivity (Wildman–Crippen MR) is 119 cm³/mol. The first-order chi connectivity index (χ1) is 13.4. The lowest BCUT2D eigenvalue weighted by molar-refractivity contribution is 0.294. The number of nitrogens with zero attached hydrogens (tertiary/aromatic N) is 2. The number of benzene rings is 2. The quantitative estimate of drug-likeness (QED) is 0.529. The first-order valence-corrected chi connectivity index (χ1v) is 10.4. The van der Waals surface area contributed by atoms with Gasteiger partial charge in [0.2, 0.25) is 5.90 Å². The Balaban J connectivity index is 2.20. The van der Waals surface area contributed by atoms with Crippen molar-refractivity contribution in [1.29, 1.82) is 0 Å². The largest absolute Gasteiger partial charge is 0.474 e. The number of hydrogen-bond acceptors (Lipinski definition) is 3. The molecule has 1 aliphatic heterocycles. The summed E-state index contributed by atoms with van der Waals surface area (Å²) in [6, 6.07) is 17.0. The number of aliphatic imine (C=N–C) groups is 2. The molecule has 0 saturated heterocycles. The zero-order valence-electron chi connectivity index (χ0n) is 17.9. The molecule has 0 fully saturated rings. The Hall–Kier alpha value is -2.42. The molecule has 2 aromatic rings. The van der Waals surface area contributed by atoms with Crippen LogP contribution in [0.2, 0.25) is 0 Å². The first kappa shape index (κ1) is 20.3. The number of ether oxygens (including phenoxy) is 1. The molecule has 28 heavy (non-hydrogen) atoms. The van der Waals surface area contributed by atoms with Crippen LogP contribution in [-0.2, 0) is 4.74 Å². The van der Waals surface area contributed by atoms with Crippen LogP contribution in [0.25, 0.3) is 0 Å². The van der Waals surface area contributed by atoms with Gasteiger partial charge in [-0.2, -0.15) is 0 Å². The van der Waals surface area contributed by atoms with Gasteiger partial charge < -0.3 is 4.74 Å². The summed E-state index contributed by atoms with van der Waals surface area (Å²) in [5, 5.41) is 0. The molecule has 3 heteroatoms. The Bertz CT molecular complexity index is 837. The molecule has 3 rings (SSSR count). The van der Waals surface area contributed by atoms with Crippen molar-refractivity contribution in [3.63, 3.8) is 0 Å². The van der Waals surface area contributed by atoms with Crippen molar-refractivity contribution in [3.8, 4) is 0 Å². The maximum Gasteiger partial charge on any atom is 0.236 e. The van der Waals surface area contributed by atoms with Crippen LogP contribution in [0.15, 0.2) is 58.5 Å². The molecule has 148 valence electrons. The number of hydrogen-bond donors (Lipinski definition) is 0. The van der Waals surface area contributed by atoms with Crippen LogP contribution in [0.1, 0.15) is 70.1 Å². The zero-order valence-corrected chi connectivity index (χ0v) is 17.9. The van der Waals surface area contributed by atoms with E-state index < -0.39 is 0 Å². The standard InChI is InChI=1S/C25H32N2O/c1-16(2)20-13-10-14-21(17(3)4)24(20)27-23(19-11-8-7-9-12-19)25-26-22(15-28-25)18(5)6/h7-14,16-18,22H,15H2,1-6H3/t22-/m1/s1. The topological polar surface area (TPSA) is 34.0 Å². The molecule has 0 bridgehead atoms. The first-order valence-electron chi connectivity index (χ1n) is 10.4. The highest BCUT2D eigenvalue weighted by atomic mass is 16.5. The minimum atomic E-state index is 0.189.